The van der Waals surface area contributed by atoms with Crippen LogP contribution in [0.15, 0.2) is 0 Å². The number of rotatable bonds is 6. The van der Waals surface area contributed by atoms with Gasteiger partial charge >= 0.3 is 12.0 Å². The van der Waals surface area contributed by atoms with E-state index >= 15 is 0 Å². The van der Waals surface area contributed by atoms with Crippen LogP contribution >= 0.6 is 0 Å². The monoisotopic (exact) mass is 256 g/mol. The third-order valence-electron chi connectivity index (χ3n) is 3.32. The maximum Gasteiger partial charge on any atom is 0.317 e. The molecule has 2 fully saturated rings. The minimum Gasteiger partial charge on any atom is -0.481 e. The van der Waals surface area contributed by atoms with Gasteiger partial charge in [0.15, 0.2) is 0 Å². The normalized spacial score (nSPS) is 22.8. The minimum atomic E-state index is -0.868. The van der Waals surface area contributed by atoms with Crippen molar-refractivity contribution in [3.05, 3.63) is 0 Å². The van der Waals surface area contributed by atoms with E-state index < -0.39 is 5.97 Å². The zero-order chi connectivity index (χ0) is 13.0. The van der Waals surface area contributed by atoms with Crippen molar-refractivity contribution in [1.29, 1.82) is 0 Å². The molecular formula is C12H20N2O4. The van der Waals surface area contributed by atoms with Crippen molar-refractivity contribution >= 4 is 12.0 Å². The van der Waals surface area contributed by atoms with Crippen molar-refractivity contribution in [3.8, 4) is 0 Å². The van der Waals surface area contributed by atoms with Crippen LogP contribution in [0.1, 0.15) is 32.1 Å². The molecule has 18 heavy (non-hydrogen) atoms. The summed E-state index contributed by atoms with van der Waals surface area (Å²) in [6.45, 7) is 1.58. The Morgan fingerprint density at radius 2 is 2.11 bits per heavy atom. The van der Waals surface area contributed by atoms with E-state index in [1.54, 1.807) is 4.90 Å². The molecule has 1 saturated carbocycles. The molecule has 2 rings (SSSR count). The van der Waals surface area contributed by atoms with Gasteiger partial charge in [0.1, 0.15) is 0 Å². The Balaban J connectivity index is 1.74. The van der Waals surface area contributed by atoms with Gasteiger partial charge in [0.2, 0.25) is 0 Å². The van der Waals surface area contributed by atoms with Crippen LogP contribution in [0.3, 0.4) is 0 Å². The van der Waals surface area contributed by atoms with Gasteiger partial charge in [0.05, 0.1) is 12.5 Å². The molecule has 1 aliphatic carbocycles. The molecule has 0 bridgehead atoms. The minimum absolute atomic E-state index is 0.00382. The van der Waals surface area contributed by atoms with Crippen LogP contribution in [0.4, 0.5) is 4.79 Å². The number of urea groups is 1. The summed E-state index contributed by atoms with van der Waals surface area (Å²) in [4.78, 5) is 24.2. The summed E-state index contributed by atoms with van der Waals surface area (Å²) in [6, 6.07) is 0.0723. The molecule has 0 aromatic rings. The summed E-state index contributed by atoms with van der Waals surface area (Å²) >= 11 is 0. The first-order valence-corrected chi connectivity index (χ1v) is 6.54. The standard InChI is InChI=1S/C12H20N2O4/c15-11(16)5-6-14(9-3-4-9)12(17)13-8-10-2-1-7-18-10/h9-10H,1-8H2,(H,13,17)(H,15,16). The fraction of sp³-hybridized carbons (Fsp3) is 0.833. The molecular weight excluding hydrogens is 236 g/mol. The van der Waals surface area contributed by atoms with Crippen LogP contribution in [0, 0.1) is 0 Å². The zero-order valence-corrected chi connectivity index (χ0v) is 10.4. The first-order chi connectivity index (χ1) is 8.66. The lowest BCUT2D eigenvalue weighted by Crippen LogP contribution is -2.44. The van der Waals surface area contributed by atoms with E-state index in [9.17, 15) is 9.59 Å². The molecule has 6 heteroatoms. The van der Waals surface area contributed by atoms with Crippen LogP contribution in [0.25, 0.3) is 0 Å². The van der Waals surface area contributed by atoms with Gasteiger partial charge in [-0.15, -0.1) is 0 Å². The van der Waals surface area contributed by atoms with Crippen molar-refractivity contribution in [2.24, 2.45) is 0 Å². The first-order valence-electron chi connectivity index (χ1n) is 6.54. The molecule has 1 aliphatic heterocycles. The van der Waals surface area contributed by atoms with Gasteiger partial charge in [-0.05, 0) is 25.7 Å². The predicted molar refractivity (Wildman–Crippen MR) is 64.4 cm³/mol. The van der Waals surface area contributed by atoms with E-state index in [2.05, 4.69) is 5.32 Å². The summed E-state index contributed by atoms with van der Waals surface area (Å²) in [5.74, 6) is -0.868. The molecule has 0 spiro atoms. The van der Waals surface area contributed by atoms with Gasteiger partial charge in [0.25, 0.3) is 0 Å². The highest BCUT2D eigenvalue weighted by molar-refractivity contribution is 5.76. The van der Waals surface area contributed by atoms with E-state index in [-0.39, 0.29) is 31.1 Å². The van der Waals surface area contributed by atoms with Crippen molar-refractivity contribution in [2.45, 2.75) is 44.2 Å². The number of hydrogen-bond donors (Lipinski definition) is 2. The number of carbonyl (C=O) groups is 2. The summed E-state index contributed by atoms with van der Waals surface area (Å²) in [6.07, 6.45) is 4.11. The molecule has 2 N–H and O–H groups in total. The Morgan fingerprint density at radius 1 is 1.33 bits per heavy atom. The smallest absolute Gasteiger partial charge is 0.317 e. The molecule has 0 aromatic carbocycles. The second kappa shape index (κ2) is 6.04. The van der Waals surface area contributed by atoms with Gasteiger partial charge in [-0.25, -0.2) is 4.79 Å². The average molecular weight is 256 g/mol. The zero-order valence-electron chi connectivity index (χ0n) is 10.4. The Labute approximate surface area is 106 Å². The van der Waals surface area contributed by atoms with Crippen LogP contribution in [-0.2, 0) is 9.53 Å². The first kappa shape index (κ1) is 13.1. The number of ether oxygens (including phenoxy) is 1. The maximum atomic E-state index is 12.0. The topological polar surface area (TPSA) is 78.9 Å². The Morgan fingerprint density at radius 3 is 2.67 bits per heavy atom. The highest BCUT2D eigenvalue weighted by atomic mass is 16.5. The number of nitrogens with one attached hydrogen (secondary N) is 1. The summed E-state index contributed by atoms with van der Waals surface area (Å²) < 4.78 is 5.43. The number of aliphatic carboxylic acids is 1. The van der Waals surface area contributed by atoms with E-state index in [4.69, 9.17) is 9.84 Å². The van der Waals surface area contributed by atoms with Gasteiger partial charge in [-0.3, -0.25) is 4.79 Å². The van der Waals surface area contributed by atoms with Crippen molar-refractivity contribution < 1.29 is 19.4 Å². The fourth-order valence-corrected chi connectivity index (χ4v) is 2.16. The molecule has 1 unspecified atom stereocenters. The van der Waals surface area contributed by atoms with Crippen LogP contribution in [0.5, 0.6) is 0 Å². The Kier molecular flexibility index (Phi) is 4.41. The molecule has 2 aliphatic rings. The lowest BCUT2D eigenvalue weighted by molar-refractivity contribution is -0.137. The molecule has 6 nitrogen and oxygen atoms in total. The van der Waals surface area contributed by atoms with E-state index in [0.717, 1.165) is 32.3 Å². The van der Waals surface area contributed by atoms with E-state index in [0.29, 0.717) is 6.54 Å². The third kappa shape index (κ3) is 3.87. The lowest BCUT2D eigenvalue weighted by Gasteiger charge is -2.23. The van der Waals surface area contributed by atoms with Gasteiger partial charge in [-0.2, -0.15) is 0 Å². The summed E-state index contributed by atoms with van der Waals surface area (Å²) in [5, 5.41) is 11.5. The SMILES string of the molecule is O=C(O)CCN(C(=O)NCC1CCCO1)C1CC1. The number of carbonyl (C=O) groups excluding carboxylic acids is 1. The number of nitrogens with zero attached hydrogens (tertiary/aromatic N) is 1. The van der Waals surface area contributed by atoms with Gasteiger partial charge in [-0.1, -0.05) is 0 Å². The highest BCUT2D eigenvalue weighted by Gasteiger charge is 2.32. The van der Waals surface area contributed by atoms with Crippen LogP contribution < -0.4 is 5.32 Å². The maximum absolute atomic E-state index is 12.0. The number of carboxylic acids is 1. The number of hydrogen-bond acceptors (Lipinski definition) is 3. The summed E-state index contributed by atoms with van der Waals surface area (Å²) in [5.41, 5.74) is 0. The van der Waals surface area contributed by atoms with Crippen molar-refractivity contribution in [1.82, 2.24) is 10.2 Å². The average Bonchev–Trinajstić information content (AvgIpc) is 3.03. The number of amides is 2. The largest absolute Gasteiger partial charge is 0.481 e. The van der Waals surface area contributed by atoms with E-state index in [1.807, 2.05) is 0 Å². The predicted octanol–water partition coefficient (Wildman–Crippen LogP) is 0.814. The molecule has 2 amide bonds. The van der Waals surface area contributed by atoms with E-state index in [1.165, 1.54) is 0 Å². The highest BCUT2D eigenvalue weighted by Crippen LogP contribution is 2.27. The third-order valence-corrected chi connectivity index (χ3v) is 3.32. The second-order valence-electron chi connectivity index (χ2n) is 4.89. The van der Waals surface area contributed by atoms with Gasteiger partial charge < -0.3 is 20.1 Å². The van der Waals surface area contributed by atoms with Crippen LogP contribution in [-0.4, -0.2) is 53.8 Å². The quantitative estimate of drug-likeness (QED) is 0.737. The Bertz CT molecular complexity index is 311. The molecule has 0 aromatic heterocycles. The lowest BCUT2D eigenvalue weighted by atomic mass is 10.2. The van der Waals surface area contributed by atoms with Crippen LogP contribution in [0.2, 0.25) is 0 Å². The number of carboxylic acid groups (broad SMARTS) is 1. The van der Waals surface area contributed by atoms with Crippen molar-refractivity contribution in [2.75, 3.05) is 19.7 Å². The Hall–Kier alpha value is -1.30. The molecule has 0 radical (unpaired) electrons. The second-order valence-corrected chi connectivity index (χ2v) is 4.89. The molecule has 1 heterocycles. The van der Waals surface area contributed by atoms with Crippen molar-refractivity contribution in [3.63, 3.8) is 0 Å². The molecule has 1 saturated heterocycles. The molecule has 102 valence electrons. The molecule has 1 atom stereocenters. The van der Waals surface area contributed by atoms with Gasteiger partial charge in [0, 0.05) is 25.7 Å². The summed E-state index contributed by atoms with van der Waals surface area (Å²) in [7, 11) is 0. The fourth-order valence-electron chi connectivity index (χ4n) is 2.16.